The molecule has 2 heterocycles. The van der Waals surface area contributed by atoms with E-state index in [-0.39, 0.29) is 18.5 Å². The minimum atomic E-state index is -1.01. The molecule has 4 rings (SSSR count). The minimum absolute atomic E-state index is 0.0485. The van der Waals surface area contributed by atoms with E-state index in [9.17, 15) is 9.90 Å². The molecule has 2 aromatic carbocycles. The van der Waals surface area contributed by atoms with E-state index in [0.717, 1.165) is 27.7 Å². The number of carbonyl (C=O) groups excluding carboxylic acids is 1. The van der Waals surface area contributed by atoms with Gasteiger partial charge in [-0.25, -0.2) is 4.98 Å². The third-order valence-corrected chi connectivity index (χ3v) is 6.20. The zero-order valence-electron chi connectivity index (χ0n) is 16.5. The molecule has 1 aromatic heterocycles. The molecule has 2 atom stereocenters. The minimum Gasteiger partial charge on any atom is -0.461 e. The smallest absolute Gasteiger partial charge is 0.309 e. The van der Waals surface area contributed by atoms with Gasteiger partial charge in [0, 0.05) is 30.3 Å². The SMILES string of the molecule is Cn1c(SC[C@H]2C[C@](C)(O)CC(=O)O2)nc(-c2ccccc2)c1-c1ccccc1. The molecule has 1 saturated heterocycles. The molecular formula is C23H24N2O3S. The summed E-state index contributed by atoms with van der Waals surface area (Å²) >= 11 is 1.54. The number of aliphatic hydroxyl groups is 1. The molecule has 0 aliphatic carbocycles. The number of rotatable bonds is 5. The molecule has 3 aromatic rings. The predicted molar refractivity (Wildman–Crippen MR) is 115 cm³/mol. The van der Waals surface area contributed by atoms with Crippen molar-refractivity contribution in [2.45, 2.75) is 36.6 Å². The van der Waals surface area contributed by atoms with Gasteiger partial charge in [-0.1, -0.05) is 72.4 Å². The van der Waals surface area contributed by atoms with Crippen molar-refractivity contribution in [2.24, 2.45) is 7.05 Å². The third-order valence-electron chi connectivity index (χ3n) is 5.04. The predicted octanol–water partition coefficient (Wildman–Crippen LogP) is 4.30. The number of nitrogens with zero attached hydrogens (tertiary/aromatic N) is 2. The van der Waals surface area contributed by atoms with Crippen molar-refractivity contribution in [1.82, 2.24) is 9.55 Å². The molecule has 0 spiro atoms. The Labute approximate surface area is 174 Å². The van der Waals surface area contributed by atoms with Crippen molar-refractivity contribution in [1.29, 1.82) is 0 Å². The molecule has 6 heteroatoms. The summed E-state index contributed by atoms with van der Waals surface area (Å²) in [4.78, 5) is 16.7. The topological polar surface area (TPSA) is 64.4 Å². The van der Waals surface area contributed by atoms with E-state index in [0.29, 0.717) is 12.2 Å². The summed E-state index contributed by atoms with van der Waals surface area (Å²) in [5, 5.41) is 11.1. The Bertz CT molecular complexity index is 1000. The lowest BCUT2D eigenvalue weighted by Gasteiger charge is -2.32. The highest BCUT2D eigenvalue weighted by atomic mass is 32.2. The number of cyclic esters (lactones) is 1. The first-order valence-corrected chi connectivity index (χ1v) is 10.6. The van der Waals surface area contributed by atoms with Crippen LogP contribution in [0, 0.1) is 0 Å². The second-order valence-electron chi connectivity index (χ2n) is 7.68. The van der Waals surface area contributed by atoms with Crippen LogP contribution >= 0.6 is 11.8 Å². The largest absolute Gasteiger partial charge is 0.461 e. The van der Waals surface area contributed by atoms with Crippen LogP contribution < -0.4 is 0 Å². The molecule has 1 aliphatic rings. The van der Waals surface area contributed by atoms with Gasteiger partial charge in [-0.05, 0) is 6.92 Å². The Kier molecular flexibility index (Phi) is 5.48. The molecule has 5 nitrogen and oxygen atoms in total. The number of imidazole rings is 1. The molecule has 0 amide bonds. The molecule has 0 radical (unpaired) electrons. The van der Waals surface area contributed by atoms with E-state index in [2.05, 4.69) is 28.8 Å². The molecule has 29 heavy (non-hydrogen) atoms. The summed E-state index contributed by atoms with van der Waals surface area (Å²) in [6.07, 6.45) is 0.161. The van der Waals surface area contributed by atoms with Crippen molar-refractivity contribution in [3.8, 4) is 22.5 Å². The van der Waals surface area contributed by atoms with Gasteiger partial charge in [0.15, 0.2) is 5.16 Å². The summed E-state index contributed by atoms with van der Waals surface area (Å²) in [6.45, 7) is 1.69. The summed E-state index contributed by atoms with van der Waals surface area (Å²) in [5.41, 5.74) is 3.12. The van der Waals surface area contributed by atoms with Crippen LogP contribution in [0.4, 0.5) is 0 Å². The Morgan fingerprint density at radius 2 is 1.76 bits per heavy atom. The zero-order valence-corrected chi connectivity index (χ0v) is 17.4. The van der Waals surface area contributed by atoms with Crippen LogP contribution in [-0.2, 0) is 16.6 Å². The van der Waals surface area contributed by atoms with Crippen LogP contribution in [0.5, 0.6) is 0 Å². The van der Waals surface area contributed by atoms with Gasteiger partial charge in [-0.3, -0.25) is 4.79 Å². The number of thioether (sulfide) groups is 1. The number of esters is 1. The fourth-order valence-electron chi connectivity index (χ4n) is 3.73. The number of ether oxygens (including phenoxy) is 1. The maximum Gasteiger partial charge on any atom is 0.309 e. The number of hydrogen-bond donors (Lipinski definition) is 1. The Morgan fingerprint density at radius 3 is 2.38 bits per heavy atom. The molecule has 0 unspecified atom stereocenters. The van der Waals surface area contributed by atoms with Gasteiger partial charge in [0.2, 0.25) is 0 Å². The van der Waals surface area contributed by atoms with Crippen LogP contribution in [-0.4, -0.2) is 38.1 Å². The van der Waals surface area contributed by atoms with Crippen LogP contribution in [0.2, 0.25) is 0 Å². The summed E-state index contributed by atoms with van der Waals surface area (Å²) in [7, 11) is 2.01. The van der Waals surface area contributed by atoms with Crippen LogP contribution in [0.15, 0.2) is 65.8 Å². The maximum atomic E-state index is 11.8. The lowest BCUT2D eigenvalue weighted by molar-refractivity contribution is -0.165. The quantitative estimate of drug-likeness (QED) is 0.504. The summed E-state index contributed by atoms with van der Waals surface area (Å²) < 4.78 is 7.52. The van der Waals surface area contributed by atoms with E-state index >= 15 is 0 Å². The van der Waals surface area contributed by atoms with Crippen LogP contribution in [0.3, 0.4) is 0 Å². The van der Waals surface area contributed by atoms with Gasteiger partial charge in [0.1, 0.15) is 6.10 Å². The number of benzene rings is 2. The van der Waals surface area contributed by atoms with Gasteiger partial charge in [0.25, 0.3) is 0 Å². The van der Waals surface area contributed by atoms with Gasteiger partial charge < -0.3 is 14.4 Å². The fraction of sp³-hybridized carbons (Fsp3) is 0.304. The monoisotopic (exact) mass is 408 g/mol. The standard InChI is InChI=1S/C23H24N2O3S/c1-23(27)13-18(28-19(26)14-23)15-29-22-24-20(16-9-5-3-6-10-16)21(25(22)2)17-11-7-4-8-12-17/h3-12,18,27H,13-15H2,1-2H3/t18-,23+/m1/s1. The molecule has 1 N–H and O–H groups in total. The second kappa shape index (κ2) is 8.05. The van der Waals surface area contributed by atoms with Crippen molar-refractivity contribution >= 4 is 17.7 Å². The molecule has 0 saturated carbocycles. The Hall–Kier alpha value is -2.57. The third kappa shape index (κ3) is 4.38. The lowest BCUT2D eigenvalue weighted by atomic mass is 9.93. The van der Waals surface area contributed by atoms with Gasteiger partial charge in [0.05, 0.1) is 23.4 Å². The average Bonchev–Trinajstić information content (AvgIpc) is 3.02. The molecular weight excluding hydrogens is 384 g/mol. The van der Waals surface area contributed by atoms with Crippen LogP contribution in [0.1, 0.15) is 19.8 Å². The highest BCUT2D eigenvalue weighted by molar-refractivity contribution is 7.99. The fourth-order valence-corrected chi connectivity index (χ4v) is 4.70. The van der Waals surface area contributed by atoms with Gasteiger partial charge in [-0.2, -0.15) is 0 Å². The highest BCUT2D eigenvalue weighted by Gasteiger charge is 2.36. The average molecular weight is 409 g/mol. The first kappa shape index (κ1) is 19.7. The number of aromatic nitrogens is 2. The number of carbonyl (C=O) groups is 1. The molecule has 150 valence electrons. The van der Waals surface area contributed by atoms with Crippen molar-refractivity contribution < 1.29 is 14.6 Å². The maximum absolute atomic E-state index is 11.8. The highest BCUT2D eigenvalue weighted by Crippen LogP contribution is 2.36. The number of hydrogen-bond acceptors (Lipinski definition) is 5. The Balaban J connectivity index is 1.65. The van der Waals surface area contributed by atoms with Crippen molar-refractivity contribution in [2.75, 3.05) is 5.75 Å². The van der Waals surface area contributed by atoms with E-state index < -0.39 is 5.60 Å². The van der Waals surface area contributed by atoms with Crippen molar-refractivity contribution in [3.63, 3.8) is 0 Å². The summed E-state index contributed by atoms with van der Waals surface area (Å²) in [6, 6.07) is 20.3. The molecule has 1 aliphatic heterocycles. The van der Waals surface area contributed by atoms with E-state index in [1.54, 1.807) is 18.7 Å². The van der Waals surface area contributed by atoms with E-state index in [1.807, 2.05) is 43.4 Å². The normalized spacial score (nSPS) is 21.8. The van der Waals surface area contributed by atoms with Crippen molar-refractivity contribution in [3.05, 3.63) is 60.7 Å². The van der Waals surface area contributed by atoms with E-state index in [1.165, 1.54) is 0 Å². The van der Waals surface area contributed by atoms with Crippen LogP contribution in [0.25, 0.3) is 22.5 Å². The first-order valence-electron chi connectivity index (χ1n) is 9.65. The zero-order chi connectivity index (χ0) is 20.4. The molecule has 1 fully saturated rings. The Morgan fingerprint density at radius 1 is 1.14 bits per heavy atom. The molecule has 0 bridgehead atoms. The second-order valence-corrected chi connectivity index (χ2v) is 8.67. The van der Waals surface area contributed by atoms with E-state index in [4.69, 9.17) is 9.72 Å². The first-order chi connectivity index (χ1) is 13.9. The lowest BCUT2D eigenvalue weighted by Crippen LogP contribution is -2.42. The van der Waals surface area contributed by atoms with Gasteiger partial charge >= 0.3 is 5.97 Å². The summed E-state index contributed by atoms with van der Waals surface area (Å²) in [5.74, 6) is 0.205. The van der Waals surface area contributed by atoms with Gasteiger partial charge in [-0.15, -0.1) is 0 Å².